The highest BCUT2D eigenvalue weighted by Crippen LogP contribution is 2.33. The molecule has 0 unspecified atom stereocenters. The van der Waals surface area contributed by atoms with Gasteiger partial charge in [-0.1, -0.05) is 0 Å². The highest BCUT2D eigenvalue weighted by molar-refractivity contribution is 6.05. The lowest BCUT2D eigenvalue weighted by atomic mass is 9.92. The number of carbonyl (C=O) groups is 4. The molecule has 4 aliphatic heterocycles. The van der Waals surface area contributed by atoms with Gasteiger partial charge in [0.05, 0.1) is 22.7 Å². The Morgan fingerprint density at radius 1 is 0.881 bits per heavy atom. The van der Waals surface area contributed by atoms with Crippen molar-refractivity contribution < 1.29 is 23.9 Å². The van der Waals surface area contributed by atoms with Crippen LogP contribution in [0.25, 0.3) is 10.9 Å². The number of hydrogen-bond donors (Lipinski definition) is 2. The van der Waals surface area contributed by atoms with E-state index in [0.717, 1.165) is 113 Å². The van der Waals surface area contributed by atoms with Crippen molar-refractivity contribution in [2.75, 3.05) is 55.6 Å². The third kappa shape index (κ3) is 8.16. The fraction of sp³-hybridized carbons (Fsp3) is 0.444. The quantitative estimate of drug-likeness (QED) is 0.231. The van der Waals surface area contributed by atoms with Crippen molar-refractivity contribution in [3.8, 4) is 11.8 Å². The van der Waals surface area contributed by atoms with Gasteiger partial charge >= 0.3 is 0 Å². The van der Waals surface area contributed by atoms with E-state index in [0.29, 0.717) is 41.1 Å². The second-order valence-corrected chi connectivity index (χ2v) is 16.6. The van der Waals surface area contributed by atoms with Gasteiger partial charge in [0.2, 0.25) is 11.8 Å². The Morgan fingerprint density at radius 3 is 2.44 bits per heavy atom. The van der Waals surface area contributed by atoms with Gasteiger partial charge in [0.25, 0.3) is 11.8 Å². The average Bonchev–Trinajstić information content (AvgIpc) is 3.59. The topological polar surface area (TPSA) is 164 Å². The van der Waals surface area contributed by atoms with E-state index in [1.54, 1.807) is 23.4 Å². The molecule has 2 aromatic carbocycles. The predicted octanol–water partition coefficient (Wildman–Crippen LogP) is 4.42. The van der Waals surface area contributed by atoms with Gasteiger partial charge in [-0.15, -0.1) is 0 Å². The summed E-state index contributed by atoms with van der Waals surface area (Å²) in [7, 11) is 0. The molecular weight excluding hydrogens is 747 g/mol. The first-order valence-corrected chi connectivity index (χ1v) is 21.0. The average molecular weight is 796 g/mol. The standard InChI is InChI=1S/C45H49N9O5/c46-25-30-3-12-39(37-2-1-17-47-42(30)37)59-35-8-5-33(6-9-35)49-43(56)31-4-13-40(48-26-31)53-18-15-29(16-19-53)27-51-20-22-52(23-21-51)34-7-10-36-32(24-34)28-54(45(36)58)38-11-14-41(55)50-44(38)57/h1-4,7,10,12-13,17,24,26,29,33,35,38H,5-6,8-9,11,14-16,18-23,27-28H2,(H,49,56)(H,50,55,57)/t33?,35?,38-/m0/s1. The van der Waals surface area contributed by atoms with Crippen LogP contribution in [-0.4, -0.2) is 107 Å². The Bertz CT molecular complexity index is 2290. The van der Waals surface area contributed by atoms with E-state index < -0.39 is 6.04 Å². The molecule has 2 aromatic heterocycles. The first kappa shape index (κ1) is 38.4. The molecule has 5 aliphatic rings. The van der Waals surface area contributed by atoms with E-state index in [-0.39, 0.29) is 42.2 Å². The number of benzene rings is 2. The van der Waals surface area contributed by atoms with Crippen LogP contribution >= 0.6 is 0 Å². The van der Waals surface area contributed by atoms with E-state index >= 15 is 0 Å². The predicted molar refractivity (Wildman–Crippen MR) is 221 cm³/mol. The number of nitrogens with one attached hydrogen (secondary N) is 2. The SMILES string of the molecule is N#Cc1ccc(OC2CCC(NC(=O)c3ccc(N4CCC(CN5CCN(c6ccc7c(c6)CN([C@H]6CCC(=O)NC6=O)C7=O)CC5)CC4)nc3)CC2)c2cccnc12. The number of imide groups is 1. The van der Waals surface area contributed by atoms with Crippen LogP contribution in [0.2, 0.25) is 0 Å². The van der Waals surface area contributed by atoms with Crippen molar-refractivity contribution in [2.24, 2.45) is 5.92 Å². The molecule has 4 fully saturated rings. The normalized spacial score (nSPS) is 22.9. The Kier molecular flexibility index (Phi) is 10.9. The number of carbonyl (C=O) groups excluding carboxylic acids is 4. The first-order chi connectivity index (χ1) is 28.8. The maximum Gasteiger partial charge on any atom is 0.255 e. The molecule has 14 nitrogen and oxygen atoms in total. The minimum atomic E-state index is -0.602. The number of fused-ring (bicyclic) bond motifs is 2. The van der Waals surface area contributed by atoms with Crippen molar-refractivity contribution >= 4 is 46.0 Å². The van der Waals surface area contributed by atoms with Crippen LogP contribution in [0, 0.1) is 17.2 Å². The zero-order valence-corrected chi connectivity index (χ0v) is 33.1. The van der Waals surface area contributed by atoms with Crippen molar-refractivity contribution in [3.63, 3.8) is 0 Å². The number of piperazine rings is 1. The molecule has 2 N–H and O–H groups in total. The summed E-state index contributed by atoms with van der Waals surface area (Å²) in [5, 5.41) is 15.9. The molecule has 304 valence electrons. The summed E-state index contributed by atoms with van der Waals surface area (Å²) in [6.45, 7) is 7.13. The molecule has 4 amide bonds. The third-order valence-electron chi connectivity index (χ3n) is 12.9. The van der Waals surface area contributed by atoms with Crippen molar-refractivity contribution in [3.05, 3.63) is 89.2 Å². The third-order valence-corrected chi connectivity index (χ3v) is 12.9. The second kappa shape index (κ2) is 16.7. The van der Waals surface area contributed by atoms with E-state index in [1.165, 1.54) is 0 Å². The smallest absolute Gasteiger partial charge is 0.255 e. The van der Waals surface area contributed by atoms with Gasteiger partial charge in [0.15, 0.2) is 0 Å². The number of hydrogen-bond acceptors (Lipinski definition) is 11. The summed E-state index contributed by atoms with van der Waals surface area (Å²) in [5.74, 6) is 1.37. The van der Waals surface area contributed by atoms with Crippen LogP contribution in [0.1, 0.15) is 83.2 Å². The van der Waals surface area contributed by atoms with Crippen LogP contribution in [-0.2, 0) is 16.1 Å². The molecule has 0 bridgehead atoms. The maximum atomic E-state index is 13.2. The summed E-state index contributed by atoms with van der Waals surface area (Å²) in [6.07, 6.45) is 9.52. The van der Waals surface area contributed by atoms with Crippen LogP contribution in [0.3, 0.4) is 0 Å². The molecule has 1 saturated carbocycles. The summed E-state index contributed by atoms with van der Waals surface area (Å²) >= 11 is 0. The van der Waals surface area contributed by atoms with Crippen LogP contribution in [0.5, 0.6) is 5.75 Å². The molecule has 9 rings (SSSR count). The van der Waals surface area contributed by atoms with Gasteiger partial charge < -0.3 is 24.8 Å². The molecule has 0 radical (unpaired) electrons. The number of ether oxygens (including phenoxy) is 1. The molecule has 1 atom stereocenters. The minimum Gasteiger partial charge on any atom is -0.490 e. The zero-order chi connectivity index (χ0) is 40.5. The van der Waals surface area contributed by atoms with Crippen molar-refractivity contribution in [1.82, 2.24) is 30.4 Å². The number of anilines is 2. The highest BCUT2D eigenvalue weighted by Gasteiger charge is 2.39. The monoisotopic (exact) mass is 795 g/mol. The summed E-state index contributed by atoms with van der Waals surface area (Å²) in [4.78, 5) is 68.4. The largest absolute Gasteiger partial charge is 0.490 e. The lowest BCUT2D eigenvalue weighted by molar-refractivity contribution is -0.136. The molecule has 3 saturated heterocycles. The number of piperidine rings is 2. The summed E-state index contributed by atoms with van der Waals surface area (Å²) in [5.41, 5.74) is 4.44. The van der Waals surface area contributed by atoms with Gasteiger partial charge in [-0.2, -0.15) is 5.26 Å². The Hall–Kier alpha value is -6.07. The fourth-order valence-corrected chi connectivity index (χ4v) is 9.48. The van der Waals surface area contributed by atoms with Crippen LogP contribution in [0.4, 0.5) is 11.5 Å². The van der Waals surface area contributed by atoms with Gasteiger partial charge in [-0.25, -0.2) is 4.98 Å². The van der Waals surface area contributed by atoms with Gasteiger partial charge in [0.1, 0.15) is 23.7 Å². The van der Waals surface area contributed by atoms with Crippen molar-refractivity contribution in [2.45, 2.75) is 76.1 Å². The first-order valence-electron chi connectivity index (χ1n) is 21.0. The number of rotatable bonds is 9. The Labute approximate surface area is 343 Å². The number of nitrogens with zero attached hydrogens (tertiary/aromatic N) is 7. The van der Waals surface area contributed by atoms with E-state index in [9.17, 15) is 24.4 Å². The van der Waals surface area contributed by atoms with Crippen molar-refractivity contribution in [1.29, 1.82) is 5.26 Å². The van der Waals surface area contributed by atoms with E-state index in [2.05, 4.69) is 42.5 Å². The second-order valence-electron chi connectivity index (χ2n) is 16.6. The fourth-order valence-electron chi connectivity index (χ4n) is 9.48. The maximum absolute atomic E-state index is 13.2. The van der Waals surface area contributed by atoms with Crippen LogP contribution < -0.4 is 25.2 Å². The molecule has 59 heavy (non-hydrogen) atoms. The summed E-state index contributed by atoms with van der Waals surface area (Å²) in [6, 6.07) is 18.9. The van der Waals surface area contributed by atoms with Gasteiger partial charge in [-0.05, 0) is 111 Å². The Balaban J connectivity index is 0.693. The Morgan fingerprint density at radius 2 is 1.69 bits per heavy atom. The molecule has 6 heterocycles. The van der Waals surface area contributed by atoms with E-state index in [1.807, 2.05) is 42.5 Å². The number of nitriles is 1. The molecule has 4 aromatic rings. The zero-order valence-electron chi connectivity index (χ0n) is 33.1. The number of amides is 4. The minimum absolute atomic E-state index is 0.0370. The van der Waals surface area contributed by atoms with E-state index in [4.69, 9.17) is 9.72 Å². The highest BCUT2D eigenvalue weighted by atomic mass is 16.5. The van der Waals surface area contributed by atoms with Gasteiger partial charge in [-0.3, -0.25) is 34.4 Å². The summed E-state index contributed by atoms with van der Waals surface area (Å²) < 4.78 is 6.37. The molecule has 1 aliphatic carbocycles. The lowest BCUT2D eigenvalue weighted by Crippen LogP contribution is -2.52. The molecule has 0 spiro atoms. The molecular formula is C45H49N9O5. The molecule has 14 heteroatoms. The number of pyridine rings is 2. The number of aromatic nitrogens is 2. The van der Waals surface area contributed by atoms with Crippen LogP contribution in [0.15, 0.2) is 67.0 Å². The van der Waals surface area contributed by atoms with Gasteiger partial charge in [0, 0.05) is 93.9 Å². The lowest BCUT2D eigenvalue weighted by Gasteiger charge is -2.40.